The summed E-state index contributed by atoms with van der Waals surface area (Å²) in [6, 6.07) is 0. The number of hydrogen-bond acceptors (Lipinski definition) is 2. The Morgan fingerprint density at radius 2 is 1.94 bits per heavy atom. The van der Waals surface area contributed by atoms with Gasteiger partial charge in [-0.2, -0.15) is 0 Å². The highest BCUT2D eigenvalue weighted by Crippen LogP contribution is 2.31. The molecule has 0 spiro atoms. The lowest BCUT2D eigenvalue weighted by Crippen LogP contribution is -2.29. The standard InChI is InChI=1S/C15H31NO/c1-13(2)15(12-16-10-11-17-3)9-8-14-6-4-5-7-14/h13-16H,4-12H2,1-3H3. The van der Waals surface area contributed by atoms with Gasteiger partial charge in [0.15, 0.2) is 0 Å². The molecule has 0 aromatic carbocycles. The second kappa shape index (κ2) is 8.93. The van der Waals surface area contributed by atoms with E-state index in [-0.39, 0.29) is 0 Å². The van der Waals surface area contributed by atoms with Gasteiger partial charge in [-0.05, 0) is 30.7 Å². The van der Waals surface area contributed by atoms with Crippen molar-refractivity contribution in [3.05, 3.63) is 0 Å². The van der Waals surface area contributed by atoms with Crippen LogP contribution in [0.25, 0.3) is 0 Å². The normalized spacial score (nSPS) is 19.1. The Balaban J connectivity index is 2.13. The molecular weight excluding hydrogens is 210 g/mol. The van der Waals surface area contributed by atoms with Crippen LogP contribution in [0.1, 0.15) is 52.4 Å². The summed E-state index contributed by atoms with van der Waals surface area (Å²) >= 11 is 0. The van der Waals surface area contributed by atoms with Crippen LogP contribution in [-0.4, -0.2) is 26.8 Å². The first-order valence-electron chi connectivity index (χ1n) is 7.43. The van der Waals surface area contributed by atoms with Crippen molar-refractivity contribution in [3.8, 4) is 0 Å². The fraction of sp³-hybridized carbons (Fsp3) is 1.00. The largest absolute Gasteiger partial charge is 0.383 e. The Bertz CT molecular complexity index is 176. The number of rotatable bonds is 9. The molecule has 0 aliphatic heterocycles. The van der Waals surface area contributed by atoms with Crippen LogP contribution in [0.4, 0.5) is 0 Å². The molecule has 0 saturated heterocycles. The van der Waals surface area contributed by atoms with Crippen LogP contribution in [0.2, 0.25) is 0 Å². The molecule has 1 saturated carbocycles. The molecule has 1 rings (SSSR count). The predicted octanol–water partition coefficient (Wildman–Crippen LogP) is 3.47. The van der Waals surface area contributed by atoms with Crippen molar-refractivity contribution in [1.82, 2.24) is 5.32 Å². The molecule has 1 atom stereocenters. The van der Waals surface area contributed by atoms with Gasteiger partial charge in [-0.25, -0.2) is 0 Å². The lowest BCUT2D eigenvalue weighted by Gasteiger charge is -2.23. The first kappa shape index (κ1) is 15.0. The highest BCUT2D eigenvalue weighted by atomic mass is 16.5. The summed E-state index contributed by atoms with van der Waals surface area (Å²) in [5, 5.41) is 3.52. The molecule has 0 radical (unpaired) electrons. The molecular formula is C15H31NO. The van der Waals surface area contributed by atoms with Gasteiger partial charge in [-0.1, -0.05) is 46.0 Å². The summed E-state index contributed by atoms with van der Waals surface area (Å²) in [5.41, 5.74) is 0. The molecule has 0 aromatic rings. The Kier molecular flexibility index (Phi) is 7.87. The molecule has 17 heavy (non-hydrogen) atoms. The minimum atomic E-state index is 0.798. The number of ether oxygens (including phenoxy) is 1. The zero-order valence-electron chi connectivity index (χ0n) is 12.0. The van der Waals surface area contributed by atoms with Gasteiger partial charge in [0.1, 0.15) is 0 Å². The minimum Gasteiger partial charge on any atom is -0.383 e. The van der Waals surface area contributed by atoms with Gasteiger partial charge in [-0.3, -0.25) is 0 Å². The van der Waals surface area contributed by atoms with Crippen molar-refractivity contribution in [2.45, 2.75) is 52.4 Å². The monoisotopic (exact) mass is 241 g/mol. The maximum absolute atomic E-state index is 5.06. The highest BCUT2D eigenvalue weighted by molar-refractivity contribution is 4.72. The summed E-state index contributed by atoms with van der Waals surface area (Å²) in [7, 11) is 1.77. The molecule has 1 aliphatic rings. The lowest BCUT2D eigenvalue weighted by atomic mass is 9.87. The molecule has 0 heterocycles. The maximum Gasteiger partial charge on any atom is 0.0587 e. The summed E-state index contributed by atoms with van der Waals surface area (Å²) < 4.78 is 5.06. The van der Waals surface area contributed by atoms with E-state index >= 15 is 0 Å². The Morgan fingerprint density at radius 3 is 2.53 bits per heavy atom. The predicted molar refractivity (Wildman–Crippen MR) is 74.3 cm³/mol. The summed E-state index contributed by atoms with van der Waals surface area (Å²) in [5.74, 6) is 2.68. The second-order valence-corrected chi connectivity index (χ2v) is 5.93. The van der Waals surface area contributed by atoms with Gasteiger partial charge in [0, 0.05) is 13.7 Å². The van der Waals surface area contributed by atoms with Crippen LogP contribution in [0, 0.1) is 17.8 Å². The van der Waals surface area contributed by atoms with Gasteiger partial charge in [0.05, 0.1) is 6.61 Å². The lowest BCUT2D eigenvalue weighted by molar-refractivity contribution is 0.194. The van der Waals surface area contributed by atoms with E-state index in [1.54, 1.807) is 7.11 Å². The maximum atomic E-state index is 5.06. The van der Waals surface area contributed by atoms with E-state index in [0.29, 0.717) is 0 Å². The molecule has 1 N–H and O–H groups in total. The van der Waals surface area contributed by atoms with Gasteiger partial charge < -0.3 is 10.1 Å². The SMILES string of the molecule is COCCNCC(CCC1CCCC1)C(C)C. The van der Waals surface area contributed by atoms with E-state index in [1.165, 1.54) is 38.5 Å². The molecule has 2 nitrogen and oxygen atoms in total. The van der Waals surface area contributed by atoms with E-state index in [2.05, 4.69) is 19.2 Å². The molecule has 0 aromatic heterocycles. The number of hydrogen-bond donors (Lipinski definition) is 1. The second-order valence-electron chi connectivity index (χ2n) is 5.93. The van der Waals surface area contributed by atoms with Gasteiger partial charge in [0.25, 0.3) is 0 Å². The molecule has 1 unspecified atom stereocenters. The minimum absolute atomic E-state index is 0.798. The topological polar surface area (TPSA) is 21.3 Å². The van der Waals surface area contributed by atoms with Crippen LogP contribution >= 0.6 is 0 Å². The first-order chi connectivity index (χ1) is 8.24. The van der Waals surface area contributed by atoms with E-state index < -0.39 is 0 Å². The fourth-order valence-corrected chi connectivity index (χ4v) is 2.88. The van der Waals surface area contributed by atoms with Crippen LogP contribution in [-0.2, 0) is 4.74 Å². The van der Waals surface area contributed by atoms with Crippen molar-refractivity contribution in [3.63, 3.8) is 0 Å². The zero-order valence-corrected chi connectivity index (χ0v) is 12.0. The highest BCUT2D eigenvalue weighted by Gasteiger charge is 2.18. The Labute approximate surface area is 108 Å². The van der Waals surface area contributed by atoms with Crippen molar-refractivity contribution in [2.75, 3.05) is 26.8 Å². The van der Waals surface area contributed by atoms with Crippen LogP contribution < -0.4 is 5.32 Å². The molecule has 1 fully saturated rings. The third kappa shape index (κ3) is 6.42. The van der Waals surface area contributed by atoms with Crippen molar-refractivity contribution < 1.29 is 4.74 Å². The fourth-order valence-electron chi connectivity index (χ4n) is 2.88. The van der Waals surface area contributed by atoms with Gasteiger partial charge >= 0.3 is 0 Å². The Morgan fingerprint density at radius 1 is 1.24 bits per heavy atom. The van der Waals surface area contributed by atoms with Crippen LogP contribution in [0.3, 0.4) is 0 Å². The zero-order chi connectivity index (χ0) is 12.5. The smallest absolute Gasteiger partial charge is 0.0587 e. The summed E-state index contributed by atoms with van der Waals surface area (Å²) in [6.07, 6.45) is 8.78. The Hall–Kier alpha value is -0.0800. The van der Waals surface area contributed by atoms with Crippen LogP contribution in [0.5, 0.6) is 0 Å². The molecule has 102 valence electrons. The van der Waals surface area contributed by atoms with E-state index in [4.69, 9.17) is 4.74 Å². The van der Waals surface area contributed by atoms with E-state index in [0.717, 1.165) is 37.5 Å². The van der Waals surface area contributed by atoms with E-state index in [9.17, 15) is 0 Å². The number of nitrogens with one attached hydrogen (secondary N) is 1. The third-order valence-electron chi connectivity index (χ3n) is 4.25. The van der Waals surface area contributed by atoms with Gasteiger partial charge in [-0.15, -0.1) is 0 Å². The molecule has 0 amide bonds. The average molecular weight is 241 g/mol. The van der Waals surface area contributed by atoms with Crippen molar-refractivity contribution in [1.29, 1.82) is 0 Å². The van der Waals surface area contributed by atoms with Crippen molar-refractivity contribution >= 4 is 0 Å². The molecule has 1 aliphatic carbocycles. The summed E-state index contributed by atoms with van der Waals surface area (Å²) in [4.78, 5) is 0. The molecule has 2 heteroatoms. The molecule has 0 bridgehead atoms. The van der Waals surface area contributed by atoms with Crippen LogP contribution in [0.15, 0.2) is 0 Å². The summed E-state index contributed by atoms with van der Waals surface area (Å²) in [6.45, 7) is 7.69. The first-order valence-corrected chi connectivity index (χ1v) is 7.43. The van der Waals surface area contributed by atoms with Crippen molar-refractivity contribution in [2.24, 2.45) is 17.8 Å². The third-order valence-corrected chi connectivity index (χ3v) is 4.25. The quantitative estimate of drug-likeness (QED) is 0.624. The average Bonchev–Trinajstić information content (AvgIpc) is 2.80. The van der Waals surface area contributed by atoms with Gasteiger partial charge in [0.2, 0.25) is 0 Å². The van der Waals surface area contributed by atoms with E-state index in [1.807, 2.05) is 0 Å². The number of methoxy groups -OCH3 is 1.